The number of nitrogens with zero attached hydrogens (tertiary/aromatic N) is 3. The number of aromatic nitrogens is 2. The van der Waals surface area contributed by atoms with Gasteiger partial charge in [-0.2, -0.15) is 0 Å². The van der Waals surface area contributed by atoms with Crippen LogP contribution in [0.25, 0.3) is 28.1 Å². The SMILES string of the molecule is C=C(Nn1c(-c2ccc(-c3ccccc3)cc2)csc1=NCc1ccccc1)c1ccncc1. The van der Waals surface area contributed by atoms with E-state index >= 15 is 0 Å². The van der Waals surface area contributed by atoms with Gasteiger partial charge in [-0.25, -0.2) is 4.68 Å². The molecule has 0 aliphatic rings. The quantitative estimate of drug-likeness (QED) is 0.298. The topological polar surface area (TPSA) is 42.2 Å². The third kappa shape index (κ3) is 4.90. The monoisotopic (exact) mass is 460 g/mol. The minimum atomic E-state index is 0.608. The molecule has 0 saturated heterocycles. The van der Waals surface area contributed by atoms with Gasteiger partial charge in [0.15, 0.2) is 0 Å². The van der Waals surface area contributed by atoms with Crippen molar-refractivity contribution in [2.24, 2.45) is 4.99 Å². The molecule has 0 spiro atoms. The van der Waals surface area contributed by atoms with Crippen LogP contribution in [0.5, 0.6) is 0 Å². The number of benzene rings is 3. The zero-order valence-corrected chi connectivity index (χ0v) is 19.5. The normalized spacial score (nSPS) is 11.4. The lowest BCUT2D eigenvalue weighted by molar-refractivity contribution is 0.878. The first-order valence-corrected chi connectivity index (χ1v) is 11.9. The van der Waals surface area contributed by atoms with Crippen LogP contribution in [0, 0.1) is 0 Å². The van der Waals surface area contributed by atoms with Crippen molar-refractivity contribution in [3.8, 4) is 22.4 Å². The molecule has 0 saturated carbocycles. The Morgan fingerprint density at radius 2 is 1.41 bits per heavy atom. The van der Waals surface area contributed by atoms with E-state index in [4.69, 9.17) is 4.99 Å². The van der Waals surface area contributed by atoms with Crippen molar-refractivity contribution in [1.82, 2.24) is 9.66 Å². The second-order valence-electron chi connectivity index (χ2n) is 7.81. The number of hydrogen-bond donors (Lipinski definition) is 1. The molecule has 0 atom stereocenters. The molecule has 1 N–H and O–H groups in total. The molecule has 4 nitrogen and oxygen atoms in total. The van der Waals surface area contributed by atoms with Gasteiger partial charge in [0.25, 0.3) is 0 Å². The highest BCUT2D eigenvalue weighted by Crippen LogP contribution is 2.25. The molecule has 34 heavy (non-hydrogen) atoms. The Bertz CT molecular complexity index is 1440. The van der Waals surface area contributed by atoms with Crippen molar-refractivity contribution in [3.05, 3.63) is 137 Å². The molecule has 2 heterocycles. The first kappa shape index (κ1) is 21.6. The Hall–Kier alpha value is -4.22. The zero-order valence-electron chi connectivity index (χ0n) is 18.6. The number of nitrogens with one attached hydrogen (secondary N) is 1. The predicted octanol–water partition coefficient (Wildman–Crippen LogP) is 6.59. The fraction of sp³-hybridized carbons (Fsp3) is 0.0345. The first-order valence-electron chi connectivity index (χ1n) is 11.0. The Morgan fingerprint density at radius 3 is 2.12 bits per heavy atom. The van der Waals surface area contributed by atoms with Gasteiger partial charge in [-0.15, -0.1) is 11.3 Å². The fourth-order valence-corrected chi connectivity index (χ4v) is 4.54. The van der Waals surface area contributed by atoms with Crippen LogP contribution in [0.2, 0.25) is 0 Å². The third-order valence-corrected chi connectivity index (χ3v) is 6.37. The summed E-state index contributed by atoms with van der Waals surface area (Å²) in [6.45, 7) is 4.86. The van der Waals surface area contributed by atoms with Gasteiger partial charge < -0.3 is 0 Å². The van der Waals surface area contributed by atoms with E-state index in [-0.39, 0.29) is 0 Å². The molecule has 0 radical (unpaired) electrons. The van der Waals surface area contributed by atoms with Crippen LogP contribution < -0.4 is 10.2 Å². The van der Waals surface area contributed by atoms with Crippen LogP contribution in [0.1, 0.15) is 11.1 Å². The summed E-state index contributed by atoms with van der Waals surface area (Å²) in [5.41, 5.74) is 10.9. The third-order valence-electron chi connectivity index (χ3n) is 5.51. The highest BCUT2D eigenvalue weighted by molar-refractivity contribution is 7.07. The van der Waals surface area contributed by atoms with Crippen molar-refractivity contribution >= 4 is 17.0 Å². The molecule has 0 aliphatic carbocycles. The van der Waals surface area contributed by atoms with E-state index in [0.29, 0.717) is 6.54 Å². The zero-order chi connectivity index (χ0) is 23.2. The largest absolute Gasteiger partial charge is 0.292 e. The van der Waals surface area contributed by atoms with Crippen molar-refractivity contribution in [2.45, 2.75) is 6.54 Å². The van der Waals surface area contributed by atoms with E-state index in [1.54, 1.807) is 23.7 Å². The number of hydrogen-bond acceptors (Lipinski definition) is 4. The summed E-state index contributed by atoms with van der Waals surface area (Å²) in [5.74, 6) is 0. The van der Waals surface area contributed by atoms with E-state index in [1.807, 2.05) is 41.1 Å². The summed E-state index contributed by atoms with van der Waals surface area (Å²) in [4.78, 5) is 9.89. The highest BCUT2D eigenvalue weighted by Gasteiger charge is 2.10. The molecule has 0 unspecified atom stereocenters. The van der Waals surface area contributed by atoms with E-state index in [9.17, 15) is 0 Å². The van der Waals surface area contributed by atoms with Crippen LogP contribution in [0.4, 0.5) is 0 Å². The van der Waals surface area contributed by atoms with Gasteiger partial charge >= 0.3 is 0 Å². The van der Waals surface area contributed by atoms with Crippen LogP contribution in [0.15, 0.2) is 126 Å². The summed E-state index contributed by atoms with van der Waals surface area (Å²) < 4.78 is 2.02. The second kappa shape index (κ2) is 10.1. The maximum Gasteiger partial charge on any atom is 0.204 e. The summed E-state index contributed by atoms with van der Waals surface area (Å²) in [7, 11) is 0. The molecule has 0 aliphatic heterocycles. The van der Waals surface area contributed by atoms with Crippen molar-refractivity contribution in [3.63, 3.8) is 0 Å². The molecule has 2 aromatic heterocycles. The average molecular weight is 461 g/mol. The van der Waals surface area contributed by atoms with Gasteiger partial charge in [0.1, 0.15) is 0 Å². The number of rotatable bonds is 7. The molecule has 5 heteroatoms. The molecule has 0 bridgehead atoms. The van der Waals surface area contributed by atoms with E-state index < -0.39 is 0 Å². The second-order valence-corrected chi connectivity index (χ2v) is 8.65. The molecule has 5 rings (SSSR count). The first-order chi connectivity index (χ1) is 16.8. The lowest BCUT2D eigenvalue weighted by atomic mass is 10.0. The summed E-state index contributed by atoms with van der Waals surface area (Å²) >= 11 is 1.61. The van der Waals surface area contributed by atoms with E-state index in [1.165, 1.54) is 16.7 Å². The van der Waals surface area contributed by atoms with Gasteiger partial charge in [0, 0.05) is 28.9 Å². The number of thiazole rings is 1. The molecule has 166 valence electrons. The van der Waals surface area contributed by atoms with Gasteiger partial charge in [-0.3, -0.25) is 15.4 Å². The molecule has 0 fully saturated rings. The van der Waals surface area contributed by atoms with Gasteiger partial charge in [0.2, 0.25) is 4.80 Å². The van der Waals surface area contributed by atoms with E-state index in [0.717, 1.165) is 27.3 Å². The molecule has 0 amide bonds. The van der Waals surface area contributed by atoms with Crippen molar-refractivity contribution < 1.29 is 0 Å². The molecule has 3 aromatic carbocycles. The van der Waals surface area contributed by atoms with Gasteiger partial charge in [-0.05, 0) is 28.8 Å². The van der Waals surface area contributed by atoms with Gasteiger partial charge in [0.05, 0.1) is 17.9 Å². The summed E-state index contributed by atoms with van der Waals surface area (Å²) in [6, 6.07) is 33.2. The van der Waals surface area contributed by atoms with E-state index in [2.05, 4.69) is 83.0 Å². The van der Waals surface area contributed by atoms with Crippen LogP contribution >= 0.6 is 11.3 Å². The molecular weight excluding hydrogens is 436 g/mol. The number of pyridine rings is 1. The summed E-state index contributed by atoms with van der Waals surface area (Å²) in [6.07, 6.45) is 3.54. The molecule has 5 aromatic rings. The van der Waals surface area contributed by atoms with Crippen molar-refractivity contribution in [1.29, 1.82) is 0 Å². The highest BCUT2D eigenvalue weighted by atomic mass is 32.1. The Morgan fingerprint density at radius 1 is 0.794 bits per heavy atom. The van der Waals surface area contributed by atoms with Crippen LogP contribution in [-0.2, 0) is 6.54 Å². The smallest absolute Gasteiger partial charge is 0.204 e. The average Bonchev–Trinajstić information content (AvgIpc) is 3.31. The lowest BCUT2D eigenvalue weighted by Gasteiger charge is -2.14. The van der Waals surface area contributed by atoms with Crippen LogP contribution in [-0.4, -0.2) is 9.66 Å². The molecular formula is C29H24N4S. The van der Waals surface area contributed by atoms with Gasteiger partial charge in [-0.1, -0.05) is 91.5 Å². The Kier molecular flexibility index (Phi) is 6.45. The summed E-state index contributed by atoms with van der Waals surface area (Å²) in [5, 5.41) is 2.13. The fourth-order valence-electron chi connectivity index (χ4n) is 3.69. The Balaban J connectivity index is 1.51. The minimum absolute atomic E-state index is 0.608. The predicted molar refractivity (Wildman–Crippen MR) is 142 cm³/mol. The maximum absolute atomic E-state index is 4.90. The minimum Gasteiger partial charge on any atom is -0.292 e. The maximum atomic E-state index is 4.90. The standard InChI is InChI=1S/C29H24N4S/c1-22(24-16-18-30-19-17-24)32-33-28(21-34-29(33)31-20-23-8-4-2-5-9-23)27-14-12-26(13-15-27)25-10-6-3-7-11-25/h2-19,21,32H,1,20H2. The Labute approximate surface area is 203 Å². The lowest BCUT2D eigenvalue weighted by Crippen LogP contribution is -2.25. The van der Waals surface area contributed by atoms with Crippen molar-refractivity contribution in [2.75, 3.05) is 5.43 Å². The van der Waals surface area contributed by atoms with Crippen LogP contribution in [0.3, 0.4) is 0 Å².